The van der Waals surface area contributed by atoms with Gasteiger partial charge < -0.3 is 15.5 Å². The SMILES string of the molecule is CCN(C(=O)c1cc(NC(=O)Nc2cn[nH]c2)ccc1Cl)C(C)C. The van der Waals surface area contributed by atoms with E-state index in [2.05, 4.69) is 20.8 Å². The van der Waals surface area contributed by atoms with Crippen molar-refractivity contribution in [3.8, 4) is 0 Å². The molecule has 0 aliphatic rings. The fourth-order valence-corrected chi connectivity index (χ4v) is 2.48. The number of H-pyrrole nitrogens is 1. The number of hydrogen-bond donors (Lipinski definition) is 3. The molecule has 2 rings (SSSR count). The Bertz CT molecular complexity index is 715. The largest absolute Gasteiger partial charge is 0.336 e. The summed E-state index contributed by atoms with van der Waals surface area (Å²) < 4.78 is 0. The first-order valence-corrected chi connectivity index (χ1v) is 7.97. The predicted octanol–water partition coefficient (Wildman–Crippen LogP) is 3.58. The summed E-state index contributed by atoms with van der Waals surface area (Å²) in [6, 6.07) is 4.42. The highest BCUT2D eigenvalue weighted by molar-refractivity contribution is 6.34. The number of halogens is 1. The Hall–Kier alpha value is -2.54. The molecule has 8 heteroatoms. The summed E-state index contributed by atoms with van der Waals surface area (Å²) >= 11 is 6.16. The summed E-state index contributed by atoms with van der Waals surface area (Å²) in [5, 5.41) is 12.0. The molecule has 2 aromatic rings. The summed E-state index contributed by atoms with van der Waals surface area (Å²) in [7, 11) is 0. The molecule has 0 bridgehead atoms. The van der Waals surface area contributed by atoms with Crippen LogP contribution in [0.5, 0.6) is 0 Å². The number of carbonyl (C=O) groups excluding carboxylic acids is 2. The molecule has 0 saturated heterocycles. The zero-order chi connectivity index (χ0) is 17.7. The molecule has 1 aromatic carbocycles. The van der Waals surface area contributed by atoms with Crippen molar-refractivity contribution in [3.63, 3.8) is 0 Å². The van der Waals surface area contributed by atoms with Gasteiger partial charge in [-0.15, -0.1) is 0 Å². The Labute approximate surface area is 145 Å². The van der Waals surface area contributed by atoms with Crippen molar-refractivity contribution in [2.45, 2.75) is 26.8 Å². The zero-order valence-electron chi connectivity index (χ0n) is 13.8. The molecule has 128 valence electrons. The smallest absolute Gasteiger partial charge is 0.323 e. The van der Waals surface area contributed by atoms with Gasteiger partial charge in [-0.3, -0.25) is 9.89 Å². The highest BCUT2D eigenvalue weighted by atomic mass is 35.5. The molecule has 0 aliphatic heterocycles. The third kappa shape index (κ3) is 4.26. The second-order valence-corrected chi connectivity index (χ2v) is 5.85. The van der Waals surface area contributed by atoms with E-state index >= 15 is 0 Å². The van der Waals surface area contributed by atoms with Crippen LogP contribution in [0, 0.1) is 0 Å². The van der Waals surface area contributed by atoms with Gasteiger partial charge in [0.25, 0.3) is 5.91 Å². The zero-order valence-corrected chi connectivity index (χ0v) is 14.5. The lowest BCUT2D eigenvalue weighted by molar-refractivity contribution is 0.0717. The Morgan fingerprint density at radius 2 is 2.00 bits per heavy atom. The molecule has 0 spiro atoms. The van der Waals surface area contributed by atoms with E-state index in [1.165, 1.54) is 6.20 Å². The van der Waals surface area contributed by atoms with Gasteiger partial charge in [0, 0.05) is 24.5 Å². The Kier molecular flexibility index (Phi) is 5.81. The fourth-order valence-electron chi connectivity index (χ4n) is 2.28. The van der Waals surface area contributed by atoms with Crippen molar-refractivity contribution < 1.29 is 9.59 Å². The minimum absolute atomic E-state index is 0.0552. The minimum atomic E-state index is -0.437. The first kappa shape index (κ1) is 17.8. The Balaban J connectivity index is 2.15. The molecule has 7 nitrogen and oxygen atoms in total. The van der Waals surface area contributed by atoms with Crippen molar-refractivity contribution in [1.29, 1.82) is 0 Å². The highest BCUT2D eigenvalue weighted by Gasteiger charge is 2.20. The number of aromatic nitrogens is 2. The molecule has 1 aromatic heterocycles. The maximum atomic E-state index is 12.6. The van der Waals surface area contributed by atoms with Crippen molar-refractivity contribution in [3.05, 3.63) is 41.2 Å². The highest BCUT2D eigenvalue weighted by Crippen LogP contribution is 2.23. The molecular weight excluding hydrogens is 330 g/mol. The van der Waals surface area contributed by atoms with Crippen LogP contribution < -0.4 is 10.6 Å². The van der Waals surface area contributed by atoms with Crippen LogP contribution in [0.25, 0.3) is 0 Å². The number of urea groups is 1. The van der Waals surface area contributed by atoms with Gasteiger partial charge in [-0.05, 0) is 39.0 Å². The van der Waals surface area contributed by atoms with Crippen LogP contribution in [0.15, 0.2) is 30.6 Å². The van der Waals surface area contributed by atoms with E-state index in [0.717, 1.165) is 0 Å². The number of rotatable bonds is 5. The molecule has 3 N–H and O–H groups in total. The monoisotopic (exact) mass is 349 g/mol. The molecule has 0 saturated carbocycles. The average Bonchev–Trinajstić information content (AvgIpc) is 3.02. The van der Waals surface area contributed by atoms with Gasteiger partial charge in [0.2, 0.25) is 0 Å². The van der Waals surface area contributed by atoms with Gasteiger partial charge in [-0.25, -0.2) is 4.79 Å². The molecule has 3 amide bonds. The average molecular weight is 350 g/mol. The normalized spacial score (nSPS) is 10.5. The number of anilines is 2. The summed E-state index contributed by atoms with van der Waals surface area (Å²) in [5.41, 5.74) is 1.37. The molecule has 0 fully saturated rings. The third-order valence-corrected chi connectivity index (χ3v) is 3.77. The van der Waals surface area contributed by atoms with Gasteiger partial charge in [-0.2, -0.15) is 5.10 Å². The summed E-state index contributed by atoms with van der Waals surface area (Å²) in [6.45, 7) is 6.36. The van der Waals surface area contributed by atoms with Crippen LogP contribution in [0.2, 0.25) is 5.02 Å². The van der Waals surface area contributed by atoms with Crippen molar-refractivity contribution >= 4 is 34.9 Å². The van der Waals surface area contributed by atoms with Gasteiger partial charge >= 0.3 is 6.03 Å². The maximum absolute atomic E-state index is 12.6. The molecule has 0 unspecified atom stereocenters. The van der Waals surface area contributed by atoms with E-state index < -0.39 is 6.03 Å². The Morgan fingerprint density at radius 1 is 1.29 bits per heavy atom. The number of amides is 3. The van der Waals surface area contributed by atoms with Gasteiger partial charge in [0.05, 0.1) is 22.5 Å². The number of aromatic amines is 1. The van der Waals surface area contributed by atoms with E-state index in [-0.39, 0.29) is 11.9 Å². The number of carbonyl (C=O) groups is 2. The number of nitrogens with zero attached hydrogens (tertiary/aromatic N) is 2. The minimum Gasteiger partial charge on any atom is -0.336 e. The molecule has 0 atom stereocenters. The van der Waals surface area contributed by atoms with Crippen LogP contribution in [0.4, 0.5) is 16.2 Å². The lowest BCUT2D eigenvalue weighted by atomic mass is 10.1. The quantitative estimate of drug-likeness (QED) is 0.770. The first-order chi connectivity index (χ1) is 11.4. The maximum Gasteiger partial charge on any atom is 0.323 e. The van der Waals surface area contributed by atoms with Crippen molar-refractivity contribution in [1.82, 2.24) is 15.1 Å². The second-order valence-electron chi connectivity index (χ2n) is 5.45. The van der Waals surface area contributed by atoms with Gasteiger partial charge in [-0.1, -0.05) is 11.6 Å². The van der Waals surface area contributed by atoms with Crippen molar-refractivity contribution in [2.75, 3.05) is 17.2 Å². The number of hydrogen-bond acceptors (Lipinski definition) is 3. The van der Waals surface area contributed by atoms with E-state index in [1.807, 2.05) is 20.8 Å². The molecule has 0 aliphatic carbocycles. The number of benzene rings is 1. The van der Waals surface area contributed by atoms with Crippen molar-refractivity contribution in [2.24, 2.45) is 0 Å². The summed E-state index contributed by atoms with van der Waals surface area (Å²) in [5.74, 6) is -0.170. The van der Waals surface area contributed by atoms with Gasteiger partial charge in [0.15, 0.2) is 0 Å². The standard InChI is InChI=1S/C16H20ClN5O2/c1-4-22(10(2)3)15(23)13-7-11(5-6-14(13)17)20-16(24)21-12-8-18-19-9-12/h5-10H,4H2,1-3H3,(H,18,19)(H2,20,21,24). The fraction of sp³-hybridized carbons (Fsp3) is 0.312. The van der Waals surface area contributed by atoms with Crippen LogP contribution in [-0.2, 0) is 0 Å². The Morgan fingerprint density at radius 3 is 2.58 bits per heavy atom. The lowest BCUT2D eigenvalue weighted by Crippen LogP contribution is -2.36. The topological polar surface area (TPSA) is 90.1 Å². The molecule has 0 radical (unpaired) electrons. The second kappa shape index (κ2) is 7.83. The number of nitrogens with one attached hydrogen (secondary N) is 3. The third-order valence-electron chi connectivity index (χ3n) is 3.44. The van der Waals surface area contributed by atoms with Gasteiger partial charge in [0.1, 0.15) is 0 Å². The summed E-state index contributed by atoms with van der Waals surface area (Å²) in [6.07, 6.45) is 3.04. The van der Waals surface area contributed by atoms with E-state index in [0.29, 0.717) is 28.5 Å². The molecule has 24 heavy (non-hydrogen) atoms. The molecular formula is C16H20ClN5O2. The van der Waals surface area contributed by atoms with Crippen LogP contribution in [0.1, 0.15) is 31.1 Å². The van der Waals surface area contributed by atoms with Crippen LogP contribution in [0.3, 0.4) is 0 Å². The lowest BCUT2D eigenvalue weighted by Gasteiger charge is -2.25. The van der Waals surface area contributed by atoms with Crippen LogP contribution >= 0.6 is 11.6 Å². The first-order valence-electron chi connectivity index (χ1n) is 7.59. The predicted molar refractivity (Wildman–Crippen MR) is 94.5 cm³/mol. The van der Waals surface area contributed by atoms with Crippen LogP contribution in [-0.4, -0.2) is 39.6 Å². The van der Waals surface area contributed by atoms with E-state index in [1.54, 1.807) is 29.3 Å². The van der Waals surface area contributed by atoms with E-state index in [4.69, 9.17) is 11.6 Å². The van der Waals surface area contributed by atoms with E-state index in [9.17, 15) is 9.59 Å². The summed E-state index contributed by atoms with van der Waals surface area (Å²) in [4.78, 5) is 26.3. The molecule has 1 heterocycles.